The maximum absolute atomic E-state index is 13.7. The van der Waals surface area contributed by atoms with Gasteiger partial charge in [-0.25, -0.2) is 8.78 Å². The number of nitrogens with two attached hydrogens (primary N) is 1. The Bertz CT molecular complexity index is 498. The number of rotatable bonds is 5. The van der Waals surface area contributed by atoms with E-state index in [1.165, 1.54) is 0 Å². The van der Waals surface area contributed by atoms with E-state index < -0.39 is 17.7 Å². The van der Waals surface area contributed by atoms with E-state index in [0.717, 1.165) is 18.2 Å². The van der Waals surface area contributed by atoms with Crippen LogP contribution in [0.15, 0.2) is 18.2 Å². The molecule has 21 heavy (non-hydrogen) atoms. The number of nitrogens with one attached hydrogen (secondary N) is 1. The zero-order valence-electron chi connectivity index (χ0n) is 13.0. The number of hydrogen-bond acceptors (Lipinski definition) is 2. The van der Waals surface area contributed by atoms with Crippen molar-refractivity contribution in [2.75, 3.05) is 6.54 Å². The van der Waals surface area contributed by atoms with Gasteiger partial charge in [0.2, 0.25) is 5.91 Å². The number of halogens is 2. The molecule has 5 heteroatoms. The highest BCUT2D eigenvalue weighted by Gasteiger charge is 2.25. The first kappa shape index (κ1) is 17.6. The monoisotopic (exact) mass is 298 g/mol. The van der Waals surface area contributed by atoms with Crippen LogP contribution in [0, 0.1) is 23.0 Å². The van der Waals surface area contributed by atoms with Gasteiger partial charge in [-0.1, -0.05) is 20.8 Å². The van der Waals surface area contributed by atoms with Crippen LogP contribution in [0.25, 0.3) is 0 Å². The standard InChI is InChI=1S/C16H24F2N2O/c1-10(13-7-12(17)5-6-14(13)18)20-15(21)11(9-19)8-16(2,3)4/h5-7,10-11H,8-9,19H2,1-4H3,(H,20,21). The third kappa shape index (κ3) is 5.42. The Morgan fingerprint density at radius 2 is 1.95 bits per heavy atom. The molecule has 1 amide bonds. The molecule has 2 atom stereocenters. The second kappa shape index (κ2) is 6.98. The lowest BCUT2D eigenvalue weighted by molar-refractivity contribution is -0.126. The van der Waals surface area contributed by atoms with Crippen LogP contribution in [0.3, 0.4) is 0 Å². The molecule has 0 aliphatic rings. The molecule has 0 radical (unpaired) electrons. The molecule has 0 aliphatic heterocycles. The van der Waals surface area contributed by atoms with E-state index in [1.807, 2.05) is 20.8 Å². The Kier molecular flexibility index (Phi) is 5.84. The van der Waals surface area contributed by atoms with Gasteiger partial charge in [0.25, 0.3) is 0 Å². The molecule has 0 aliphatic carbocycles. The first-order chi connectivity index (χ1) is 9.64. The zero-order chi connectivity index (χ0) is 16.2. The Balaban J connectivity index is 2.79. The molecule has 1 aromatic rings. The second-order valence-electron chi connectivity index (χ2n) is 6.59. The molecule has 1 aromatic carbocycles. The average Bonchev–Trinajstić information content (AvgIpc) is 2.37. The molecule has 0 heterocycles. The first-order valence-electron chi connectivity index (χ1n) is 7.09. The predicted octanol–water partition coefficient (Wildman–Crippen LogP) is 3.15. The van der Waals surface area contributed by atoms with Crippen LogP contribution in [-0.2, 0) is 4.79 Å². The fourth-order valence-corrected chi connectivity index (χ4v) is 2.28. The summed E-state index contributed by atoms with van der Waals surface area (Å²) in [6.07, 6.45) is 0.633. The van der Waals surface area contributed by atoms with Gasteiger partial charge in [-0.05, 0) is 37.0 Å². The van der Waals surface area contributed by atoms with Crippen LogP contribution in [0.5, 0.6) is 0 Å². The van der Waals surface area contributed by atoms with Crippen LogP contribution in [0.1, 0.15) is 45.7 Å². The molecule has 0 spiro atoms. The van der Waals surface area contributed by atoms with Crippen LogP contribution in [0.4, 0.5) is 8.78 Å². The minimum Gasteiger partial charge on any atom is -0.349 e. The van der Waals surface area contributed by atoms with Crippen LogP contribution in [-0.4, -0.2) is 12.5 Å². The maximum Gasteiger partial charge on any atom is 0.224 e. The maximum atomic E-state index is 13.7. The Labute approximate surface area is 124 Å². The van der Waals surface area contributed by atoms with Gasteiger partial charge in [-0.3, -0.25) is 4.79 Å². The van der Waals surface area contributed by atoms with Crippen molar-refractivity contribution in [1.29, 1.82) is 0 Å². The van der Waals surface area contributed by atoms with Gasteiger partial charge in [0.1, 0.15) is 11.6 Å². The lowest BCUT2D eigenvalue weighted by Crippen LogP contribution is -2.38. The third-order valence-electron chi connectivity index (χ3n) is 3.30. The van der Waals surface area contributed by atoms with Crippen molar-refractivity contribution >= 4 is 5.91 Å². The van der Waals surface area contributed by atoms with Crippen molar-refractivity contribution in [1.82, 2.24) is 5.32 Å². The largest absolute Gasteiger partial charge is 0.349 e. The SMILES string of the molecule is CC(NC(=O)C(CN)CC(C)(C)C)c1cc(F)ccc1F. The number of amides is 1. The van der Waals surface area contributed by atoms with Gasteiger partial charge in [0, 0.05) is 12.1 Å². The molecule has 3 nitrogen and oxygen atoms in total. The quantitative estimate of drug-likeness (QED) is 0.877. The van der Waals surface area contributed by atoms with Crippen LogP contribution in [0.2, 0.25) is 0 Å². The lowest BCUT2D eigenvalue weighted by atomic mass is 9.84. The molecular formula is C16H24F2N2O. The topological polar surface area (TPSA) is 55.1 Å². The van der Waals surface area contributed by atoms with Crippen LogP contribution >= 0.6 is 0 Å². The highest BCUT2D eigenvalue weighted by molar-refractivity contribution is 5.79. The van der Waals surface area contributed by atoms with E-state index in [2.05, 4.69) is 5.32 Å². The molecule has 2 unspecified atom stereocenters. The van der Waals surface area contributed by atoms with Crippen molar-refractivity contribution in [2.45, 2.75) is 40.2 Å². The molecule has 1 rings (SSSR count). The summed E-state index contributed by atoms with van der Waals surface area (Å²) in [5.74, 6) is -1.64. The summed E-state index contributed by atoms with van der Waals surface area (Å²) < 4.78 is 26.9. The van der Waals surface area contributed by atoms with Gasteiger partial charge >= 0.3 is 0 Å². The Morgan fingerprint density at radius 3 is 2.48 bits per heavy atom. The van der Waals surface area contributed by atoms with Crippen molar-refractivity contribution in [3.63, 3.8) is 0 Å². The molecule has 118 valence electrons. The summed E-state index contributed by atoms with van der Waals surface area (Å²) in [6, 6.07) is 2.60. The van der Waals surface area contributed by atoms with Gasteiger partial charge in [-0.2, -0.15) is 0 Å². The van der Waals surface area contributed by atoms with E-state index in [-0.39, 0.29) is 29.3 Å². The molecule has 0 fully saturated rings. The second-order valence-corrected chi connectivity index (χ2v) is 6.59. The average molecular weight is 298 g/mol. The zero-order valence-corrected chi connectivity index (χ0v) is 13.0. The lowest BCUT2D eigenvalue weighted by Gasteiger charge is -2.26. The minimum absolute atomic E-state index is 0.0330. The van der Waals surface area contributed by atoms with Crippen molar-refractivity contribution < 1.29 is 13.6 Å². The van der Waals surface area contributed by atoms with E-state index in [9.17, 15) is 13.6 Å². The van der Waals surface area contributed by atoms with Gasteiger partial charge in [0.05, 0.1) is 12.0 Å². The number of hydrogen-bond donors (Lipinski definition) is 2. The molecule has 0 aromatic heterocycles. The van der Waals surface area contributed by atoms with Gasteiger partial charge in [0.15, 0.2) is 0 Å². The van der Waals surface area contributed by atoms with E-state index in [0.29, 0.717) is 6.42 Å². The Morgan fingerprint density at radius 1 is 1.33 bits per heavy atom. The first-order valence-corrected chi connectivity index (χ1v) is 7.09. The number of benzene rings is 1. The summed E-state index contributed by atoms with van der Waals surface area (Å²) >= 11 is 0. The van der Waals surface area contributed by atoms with E-state index in [4.69, 9.17) is 5.73 Å². The van der Waals surface area contributed by atoms with E-state index >= 15 is 0 Å². The Hall–Kier alpha value is -1.49. The smallest absolute Gasteiger partial charge is 0.224 e. The number of carbonyl (C=O) groups is 1. The third-order valence-corrected chi connectivity index (χ3v) is 3.30. The molecule has 0 saturated carbocycles. The highest BCUT2D eigenvalue weighted by atomic mass is 19.1. The fourth-order valence-electron chi connectivity index (χ4n) is 2.28. The summed E-state index contributed by atoms with van der Waals surface area (Å²) in [5, 5.41) is 2.71. The summed E-state index contributed by atoms with van der Waals surface area (Å²) in [7, 11) is 0. The number of carbonyl (C=O) groups excluding carboxylic acids is 1. The van der Waals surface area contributed by atoms with Gasteiger partial charge in [-0.15, -0.1) is 0 Å². The molecule has 0 saturated heterocycles. The summed E-state index contributed by atoms with van der Waals surface area (Å²) in [5.41, 5.74) is 5.76. The fraction of sp³-hybridized carbons (Fsp3) is 0.562. The van der Waals surface area contributed by atoms with Crippen molar-refractivity contribution in [3.8, 4) is 0 Å². The molecule has 0 bridgehead atoms. The molecule has 3 N–H and O–H groups in total. The van der Waals surface area contributed by atoms with Crippen LogP contribution < -0.4 is 11.1 Å². The summed E-state index contributed by atoms with van der Waals surface area (Å²) in [6.45, 7) is 7.93. The summed E-state index contributed by atoms with van der Waals surface area (Å²) in [4.78, 5) is 12.2. The van der Waals surface area contributed by atoms with Gasteiger partial charge < -0.3 is 11.1 Å². The normalized spacial score (nSPS) is 14.6. The van der Waals surface area contributed by atoms with E-state index in [1.54, 1.807) is 6.92 Å². The van der Waals surface area contributed by atoms with Crippen molar-refractivity contribution in [3.05, 3.63) is 35.4 Å². The minimum atomic E-state index is -0.609. The molecular weight excluding hydrogens is 274 g/mol. The van der Waals surface area contributed by atoms with Crippen molar-refractivity contribution in [2.24, 2.45) is 17.1 Å². The predicted molar refractivity (Wildman–Crippen MR) is 79.5 cm³/mol. The highest BCUT2D eigenvalue weighted by Crippen LogP contribution is 2.25.